The second kappa shape index (κ2) is 60.4. The predicted molar refractivity (Wildman–Crippen MR) is 293 cm³/mol. The molecule has 7 aromatic rings. The number of azo groups is 3. The van der Waals surface area contributed by atoms with Gasteiger partial charge in [-0.15, -0.1) is 0 Å². The molecular formula is C57H92N6. The van der Waals surface area contributed by atoms with Gasteiger partial charge in [-0.05, 0) is 44.5 Å². The number of nitrogens with zero attached hydrogens (tertiary/aromatic N) is 6. The molecule has 0 amide bonds. The Morgan fingerprint density at radius 3 is 0.524 bits per heavy atom. The van der Waals surface area contributed by atoms with E-state index in [1.54, 1.807) is 35.2 Å². The van der Waals surface area contributed by atoms with Crippen LogP contribution in [0.3, 0.4) is 0 Å². The van der Waals surface area contributed by atoms with Crippen molar-refractivity contribution >= 4 is 38.0 Å². The van der Waals surface area contributed by atoms with Gasteiger partial charge in [0.15, 0.2) is 0 Å². The Hall–Kier alpha value is -5.88. The topological polar surface area (TPSA) is 74.2 Å². The van der Waals surface area contributed by atoms with Crippen LogP contribution in [-0.4, -0.2) is 35.2 Å². The average molecular weight is 861 g/mol. The van der Waals surface area contributed by atoms with Crippen molar-refractivity contribution in [3.8, 4) is 0 Å². The molecule has 350 valence electrons. The average Bonchev–Trinajstić information content (AvgIpc) is 3.32. The second-order valence-corrected chi connectivity index (χ2v) is 11.6. The van der Waals surface area contributed by atoms with Crippen molar-refractivity contribution < 1.29 is 0 Å². The van der Waals surface area contributed by atoms with Crippen molar-refractivity contribution in [1.82, 2.24) is 0 Å². The minimum atomic E-state index is 0. The van der Waals surface area contributed by atoms with Gasteiger partial charge in [-0.3, -0.25) is 0 Å². The van der Waals surface area contributed by atoms with Crippen LogP contribution < -0.4 is 0 Å². The summed E-state index contributed by atoms with van der Waals surface area (Å²) in [5.41, 5.74) is 0.903. The summed E-state index contributed by atoms with van der Waals surface area (Å²) in [4.78, 5) is 0. The van der Waals surface area contributed by atoms with E-state index in [-0.39, 0.29) is 22.3 Å². The maximum Gasteiger partial charge on any atom is 0.0852 e. The third-order valence-corrected chi connectivity index (χ3v) is 6.35. The Kier molecular flexibility index (Phi) is 68.7. The molecule has 0 N–H and O–H groups in total. The first-order chi connectivity index (χ1) is 29.4. The van der Waals surface area contributed by atoms with Crippen molar-refractivity contribution in [3.05, 3.63) is 176 Å². The van der Waals surface area contributed by atoms with E-state index < -0.39 is 0 Å². The lowest BCUT2D eigenvalue weighted by atomic mass is 10.1. The maximum absolute atomic E-state index is 3.83. The molecule has 0 aliphatic heterocycles. The van der Waals surface area contributed by atoms with Crippen LogP contribution in [0.2, 0.25) is 0 Å². The normalized spacial score (nSPS) is 8.49. The summed E-state index contributed by atoms with van der Waals surface area (Å²) in [6.45, 7) is 20.8. The van der Waals surface area contributed by atoms with Gasteiger partial charge in [0.05, 0.1) is 5.69 Å². The van der Waals surface area contributed by atoms with Gasteiger partial charge < -0.3 is 0 Å². The number of benzene rings is 7. The first kappa shape index (κ1) is 71.6. The number of rotatable bonds is 1. The van der Waals surface area contributed by atoms with Crippen LogP contribution >= 0.6 is 0 Å². The van der Waals surface area contributed by atoms with E-state index in [0.29, 0.717) is 0 Å². The fraction of sp³-hybridized carbons (Fsp3) is 0.368. The van der Waals surface area contributed by atoms with Crippen molar-refractivity contribution in [2.45, 2.75) is 111 Å². The fourth-order valence-electron chi connectivity index (χ4n) is 4.01. The van der Waals surface area contributed by atoms with Gasteiger partial charge in [0.1, 0.15) is 0 Å². The van der Waals surface area contributed by atoms with Crippen LogP contribution in [0.1, 0.15) is 111 Å². The molecule has 0 bridgehead atoms. The van der Waals surface area contributed by atoms with Crippen LogP contribution in [0.5, 0.6) is 0 Å². The van der Waals surface area contributed by atoms with Gasteiger partial charge >= 0.3 is 0 Å². The minimum Gasteiger partial charge on any atom is -0.198 e. The fourth-order valence-corrected chi connectivity index (χ4v) is 4.01. The molecule has 0 aromatic heterocycles. The molecule has 0 radical (unpaired) electrons. The zero-order chi connectivity index (χ0) is 45.9. The molecule has 7 rings (SSSR count). The largest absolute Gasteiger partial charge is 0.198 e. The number of fused-ring (bicyclic) bond motifs is 3. The summed E-state index contributed by atoms with van der Waals surface area (Å²) in [6.07, 6.45) is 3.75. The third-order valence-electron chi connectivity index (χ3n) is 6.35. The summed E-state index contributed by atoms with van der Waals surface area (Å²) in [5, 5.41) is 28.8. The van der Waals surface area contributed by atoms with Crippen molar-refractivity contribution in [2.75, 3.05) is 35.2 Å². The summed E-state index contributed by atoms with van der Waals surface area (Å²) in [5.74, 6) is 0. The SMILES string of the molecule is C.C.C.CC.CC.CCC.CCC.CCC.CN=NC.CN=NC.CN=Nc1ccccc1.c1ccc2ccccc2c1.c1ccc2ccccc2c1.c1ccc2ccccc2c1. The van der Waals surface area contributed by atoms with Gasteiger partial charge in [-0.25, -0.2) is 0 Å². The Bertz CT molecular complexity index is 1570. The minimum absolute atomic E-state index is 0. The van der Waals surface area contributed by atoms with Gasteiger partial charge in [0.25, 0.3) is 0 Å². The van der Waals surface area contributed by atoms with Crippen LogP contribution in [0.15, 0.2) is 207 Å². The lowest BCUT2D eigenvalue weighted by Gasteiger charge is -1.92. The van der Waals surface area contributed by atoms with E-state index in [2.05, 4.69) is 218 Å². The van der Waals surface area contributed by atoms with Gasteiger partial charge in [-0.1, -0.05) is 275 Å². The summed E-state index contributed by atoms with van der Waals surface area (Å²) >= 11 is 0. The van der Waals surface area contributed by atoms with Crippen LogP contribution in [-0.2, 0) is 0 Å². The Labute approximate surface area is 389 Å². The standard InChI is InChI=1S/3C10H8.C7H8N2.3C3H8.2C2H6N2.2C2H6.3CH4/c3*1-2-6-10-8-4-3-7-9(10)5-1;1-8-9-7-5-3-2-4-6-7;3*1-3-2;2*1-3-4-2;2*1-2;;;/h3*1-8H;2-6H,1H3;3*3H2,1-2H3;2*1-2H3;2*1-2H3;3*1H4. The highest BCUT2D eigenvalue weighted by atomic mass is 15.1. The van der Waals surface area contributed by atoms with Crippen molar-refractivity contribution in [3.63, 3.8) is 0 Å². The predicted octanol–water partition coefficient (Wildman–Crippen LogP) is 20.5. The zero-order valence-electron chi connectivity index (χ0n) is 40.0. The van der Waals surface area contributed by atoms with Crippen molar-refractivity contribution in [1.29, 1.82) is 0 Å². The van der Waals surface area contributed by atoms with E-state index in [4.69, 9.17) is 0 Å². The van der Waals surface area contributed by atoms with Crippen molar-refractivity contribution in [2.24, 2.45) is 30.7 Å². The van der Waals surface area contributed by atoms with E-state index in [1.165, 1.54) is 51.6 Å². The highest BCUT2D eigenvalue weighted by Gasteiger charge is 1.87. The molecule has 63 heavy (non-hydrogen) atoms. The Morgan fingerprint density at radius 2 is 0.397 bits per heavy atom. The van der Waals surface area contributed by atoms with E-state index >= 15 is 0 Å². The smallest absolute Gasteiger partial charge is 0.0852 e. The molecule has 0 aliphatic carbocycles. The van der Waals surface area contributed by atoms with Gasteiger partial charge in [0.2, 0.25) is 0 Å². The second-order valence-electron chi connectivity index (χ2n) is 11.6. The lowest BCUT2D eigenvalue weighted by Crippen LogP contribution is -1.67. The zero-order valence-corrected chi connectivity index (χ0v) is 40.0. The molecule has 6 heteroatoms. The number of hydrogen-bond donors (Lipinski definition) is 0. The molecule has 0 fully saturated rings. The first-order valence-electron chi connectivity index (χ1n) is 21.4. The molecule has 7 aromatic carbocycles. The summed E-state index contributed by atoms with van der Waals surface area (Å²) < 4.78 is 0. The lowest BCUT2D eigenvalue weighted by molar-refractivity contribution is 1.09. The molecule has 0 atom stereocenters. The summed E-state index contributed by atoms with van der Waals surface area (Å²) in [7, 11) is 8.22. The van der Waals surface area contributed by atoms with E-state index in [0.717, 1.165) is 5.69 Å². The molecule has 0 heterocycles. The van der Waals surface area contributed by atoms with Gasteiger partial charge in [-0.2, -0.15) is 30.7 Å². The Morgan fingerprint density at radius 1 is 0.254 bits per heavy atom. The van der Waals surface area contributed by atoms with E-state index in [9.17, 15) is 0 Å². The summed E-state index contributed by atoms with van der Waals surface area (Å²) in [6, 6.07) is 59.8. The highest BCUT2D eigenvalue weighted by Crippen LogP contribution is 2.13. The molecule has 0 saturated carbocycles. The molecular weight excluding hydrogens is 769 g/mol. The molecule has 0 aliphatic rings. The monoisotopic (exact) mass is 861 g/mol. The van der Waals surface area contributed by atoms with Gasteiger partial charge in [0, 0.05) is 35.2 Å². The van der Waals surface area contributed by atoms with Crippen LogP contribution in [0, 0.1) is 0 Å². The molecule has 0 spiro atoms. The van der Waals surface area contributed by atoms with Crippen LogP contribution in [0.4, 0.5) is 5.69 Å². The quantitative estimate of drug-likeness (QED) is 0.148. The maximum atomic E-state index is 3.83. The molecule has 0 saturated heterocycles. The number of hydrogen-bond acceptors (Lipinski definition) is 6. The van der Waals surface area contributed by atoms with Crippen LogP contribution in [0.25, 0.3) is 32.3 Å². The first-order valence-corrected chi connectivity index (χ1v) is 21.4. The molecule has 0 unspecified atom stereocenters. The Balaban J connectivity index is -0.000000115. The third kappa shape index (κ3) is 44.0. The van der Waals surface area contributed by atoms with E-state index in [1.807, 2.05) is 58.0 Å². The highest BCUT2D eigenvalue weighted by molar-refractivity contribution is 5.83. The molecule has 6 nitrogen and oxygen atoms in total.